The minimum Gasteiger partial charge on any atom is -0.507 e. The summed E-state index contributed by atoms with van der Waals surface area (Å²) in [6.07, 6.45) is 0. The van der Waals surface area contributed by atoms with Crippen molar-refractivity contribution in [1.82, 2.24) is 10.2 Å². The van der Waals surface area contributed by atoms with Crippen LogP contribution in [-0.4, -0.2) is 47.3 Å². The molecule has 3 heterocycles. The van der Waals surface area contributed by atoms with Crippen LogP contribution in [0.5, 0.6) is 17.2 Å². The number of anilines is 1. The van der Waals surface area contributed by atoms with Crippen molar-refractivity contribution < 1.29 is 28.9 Å². The molecule has 1 atom stereocenters. The molecule has 9 nitrogen and oxygen atoms in total. The van der Waals surface area contributed by atoms with E-state index in [9.17, 15) is 14.7 Å². The van der Waals surface area contributed by atoms with E-state index in [4.69, 9.17) is 14.2 Å². The molecule has 0 radical (unpaired) electrons. The summed E-state index contributed by atoms with van der Waals surface area (Å²) in [7, 11) is 1.56. The van der Waals surface area contributed by atoms with Crippen molar-refractivity contribution >= 4 is 56.5 Å². The molecule has 220 valence electrons. The second-order valence-corrected chi connectivity index (χ2v) is 12.3. The molecular weight excluding hydrogens is 599 g/mol. The third kappa shape index (κ3) is 5.03. The van der Waals surface area contributed by atoms with Gasteiger partial charge in [-0.25, -0.2) is 0 Å². The van der Waals surface area contributed by atoms with Crippen LogP contribution in [0.25, 0.3) is 16.5 Å². The number of aliphatic hydroxyl groups excluding tert-OH is 1. The first-order chi connectivity index (χ1) is 21.5. The number of aromatic nitrogens is 2. The molecule has 2 aliphatic heterocycles. The quantitative estimate of drug-likeness (QED) is 0.0725. The van der Waals surface area contributed by atoms with Gasteiger partial charge in [0.15, 0.2) is 15.8 Å². The molecule has 5 aromatic rings. The molecule has 7 rings (SSSR count). The van der Waals surface area contributed by atoms with Gasteiger partial charge in [0.1, 0.15) is 24.7 Å². The Balaban J connectivity index is 1.25. The number of hydrogen-bond acceptors (Lipinski definition) is 10. The Kier molecular flexibility index (Phi) is 7.41. The van der Waals surface area contributed by atoms with Crippen LogP contribution in [0.2, 0.25) is 0 Å². The van der Waals surface area contributed by atoms with E-state index >= 15 is 0 Å². The number of fused-ring (bicyclic) bond motifs is 2. The van der Waals surface area contributed by atoms with Crippen LogP contribution < -0.4 is 19.1 Å². The van der Waals surface area contributed by atoms with E-state index in [1.807, 2.05) is 18.2 Å². The first kappa shape index (κ1) is 27.9. The summed E-state index contributed by atoms with van der Waals surface area (Å²) in [5.74, 6) is 0.319. The monoisotopic (exact) mass is 623 g/mol. The van der Waals surface area contributed by atoms with Crippen LogP contribution in [0.15, 0.2) is 94.8 Å². The number of thioether (sulfide) groups is 1. The van der Waals surface area contributed by atoms with Gasteiger partial charge >= 0.3 is 5.91 Å². The van der Waals surface area contributed by atoms with E-state index in [-0.39, 0.29) is 16.5 Å². The predicted molar refractivity (Wildman–Crippen MR) is 169 cm³/mol. The highest BCUT2D eigenvalue weighted by molar-refractivity contribution is 8.00. The zero-order valence-electron chi connectivity index (χ0n) is 23.4. The number of nitrogens with zero attached hydrogens (tertiary/aromatic N) is 3. The highest BCUT2D eigenvalue weighted by atomic mass is 32.2. The van der Waals surface area contributed by atoms with Crippen molar-refractivity contribution in [1.29, 1.82) is 0 Å². The van der Waals surface area contributed by atoms with Crippen LogP contribution in [0.4, 0.5) is 5.13 Å². The van der Waals surface area contributed by atoms with Crippen molar-refractivity contribution in [3.05, 3.63) is 107 Å². The van der Waals surface area contributed by atoms with Crippen LogP contribution in [0, 0.1) is 0 Å². The fourth-order valence-electron chi connectivity index (χ4n) is 5.39. The number of ketones is 1. The molecule has 2 aliphatic rings. The van der Waals surface area contributed by atoms with E-state index in [2.05, 4.69) is 34.5 Å². The topological polar surface area (TPSA) is 111 Å². The molecule has 0 unspecified atom stereocenters. The first-order valence-electron chi connectivity index (χ1n) is 13.8. The maximum Gasteiger partial charge on any atom is 0.301 e. The lowest BCUT2D eigenvalue weighted by molar-refractivity contribution is -0.132. The fourth-order valence-corrected chi connectivity index (χ4v) is 7.27. The number of benzene rings is 4. The third-order valence-electron chi connectivity index (χ3n) is 7.52. The Hall–Kier alpha value is -4.87. The Morgan fingerprint density at radius 2 is 1.75 bits per heavy atom. The second kappa shape index (κ2) is 11.7. The largest absolute Gasteiger partial charge is 0.507 e. The van der Waals surface area contributed by atoms with Gasteiger partial charge in [-0.2, -0.15) is 0 Å². The Bertz CT molecular complexity index is 1930. The predicted octanol–water partition coefficient (Wildman–Crippen LogP) is 6.39. The molecule has 4 aromatic carbocycles. The molecule has 1 amide bonds. The highest BCUT2D eigenvalue weighted by Crippen LogP contribution is 2.45. The van der Waals surface area contributed by atoms with E-state index in [0.29, 0.717) is 51.7 Å². The maximum atomic E-state index is 13.6. The Morgan fingerprint density at radius 1 is 0.977 bits per heavy atom. The molecule has 44 heavy (non-hydrogen) atoms. The minimum absolute atomic E-state index is 0.0583. The van der Waals surface area contributed by atoms with Crippen molar-refractivity contribution in [2.45, 2.75) is 16.1 Å². The number of rotatable bonds is 7. The molecule has 11 heteroatoms. The molecule has 1 saturated heterocycles. The summed E-state index contributed by atoms with van der Waals surface area (Å²) in [6, 6.07) is 25.3. The van der Waals surface area contributed by atoms with Gasteiger partial charge < -0.3 is 19.3 Å². The number of aliphatic hydroxyl groups is 1. The highest BCUT2D eigenvalue weighted by Gasteiger charge is 2.48. The van der Waals surface area contributed by atoms with Gasteiger partial charge in [0.25, 0.3) is 5.78 Å². The summed E-state index contributed by atoms with van der Waals surface area (Å²) in [5.41, 5.74) is 2.03. The smallest absolute Gasteiger partial charge is 0.301 e. The number of hydrogen-bond donors (Lipinski definition) is 1. The third-order valence-corrected chi connectivity index (χ3v) is 9.63. The molecule has 1 N–H and O–H groups in total. The molecule has 0 saturated carbocycles. The van der Waals surface area contributed by atoms with E-state index in [1.54, 1.807) is 49.6 Å². The number of carbonyl (C=O) groups excluding carboxylic acids is 2. The lowest BCUT2D eigenvalue weighted by atomic mass is 9.95. The number of Topliss-reactive ketones (excluding diaryl/α,β-unsaturated/α-hetero) is 1. The van der Waals surface area contributed by atoms with Crippen LogP contribution >= 0.6 is 23.1 Å². The van der Waals surface area contributed by atoms with Crippen LogP contribution in [0.1, 0.15) is 22.7 Å². The van der Waals surface area contributed by atoms with Crippen molar-refractivity contribution in [3.63, 3.8) is 0 Å². The van der Waals surface area contributed by atoms with Gasteiger partial charge in [-0.1, -0.05) is 77.7 Å². The fraction of sp³-hybridized carbons (Fsp3) is 0.152. The van der Waals surface area contributed by atoms with Gasteiger partial charge in [-0.3, -0.25) is 14.5 Å². The number of ether oxygens (including phenoxy) is 3. The minimum atomic E-state index is -0.946. The first-order valence-corrected chi connectivity index (χ1v) is 15.6. The second-order valence-electron chi connectivity index (χ2n) is 10.1. The zero-order chi connectivity index (χ0) is 30.2. The average Bonchev–Trinajstić information content (AvgIpc) is 3.64. The van der Waals surface area contributed by atoms with Crippen molar-refractivity contribution in [2.24, 2.45) is 0 Å². The SMILES string of the molecule is COc1ccc([C@@H]2/C(=C(\O)c3ccc4c(c3)OCCO4)C(=O)C(=O)N2c2nnc(SCc3cccc4ccccc34)s2)cc1. The van der Waals surface area contributed by atoms with Crippen molar-refractivity contribution in [2.75, 3.05) is 25.2 Å². The summed E-state index contributed by atoms with van der Waals surface area (Å²) in [5, 5.41) is 22.8. The molecule has 0 bridgehead atoms. The van der Waals surface area contributed by atoms with Gasteiger partial charge in [-0.05, 0) is 52.2 Å². The van der Waals surface area contributed by atoms with Gasteiger partial charge in [-0.15, -0.1) is 10.2 Å². The van der Waals surface area contributed by atoms with Gasteiger partial charge in [0, 0.05) is 11.3 Å². The Morgan fingerprint density at radius 3 is 2.57 bits per heavy atom. The van der Waals surface area contributed by atoms with Crippen molar-refractivity contribution in [3.8, 4) is 17.2 Å². The maximum absolute atomic E-state index is 13.6. The lowest BCUT2D eigenvalue weighted by Gasteiger charge is -2.23. The number of carbonyl (C=O) groups is 2. The lowest BCUT2D eigenvalue weighted by Crippen LogP contribution is -2.29. The molecule has 0 spiro atoms. The van der Waals surface area contributed by atoms with E-state index in [0.717, 1.165) is 16.3 Å². The van der Waals surface area contributed by atoms with Crippen LogP contribution in [-0.2, 0) is 15.3 Å². The molecular formula is C33H25N3O6S2. The Labute approximate surface area is 260 Å². The van der Waals surface area contributed by atoms with Gasteiger partial charge in [0.05, 0.1) is 18.7 Å². The van der Waals surface area contributed by atoms with E-state index in [1.165, 1.54) is 28.0 Å². The average molecular weight is 624 g/mol. The van der Waals surface area contributed by atoms with Gasteiger partial charge in [0.2, 0.25) is 5.13 Å². The zero-order valence-corrected chi connectivity index (χ0v) is 25.1. The normalized spacial score (nSPS) is 17.3. The molecule has 0 aliphatic carbocycles. The molecule has 1 fully saturated rings. The molecule has 1 aromatic heterocycles. The summed E-state index contributed by atoms with van der Waals surface area (Å²) in [4.78, 5) is 28.5. The number of methoxy groups -OCH3 is 1. The standard InChI is InChI=1S/C33H25N3O6S2/c1-40-23-12-9-20(10-13-23)28-27(29(37)21-11-14-25-26(17-21)42-16-15-41-25)30(38)31(39)36(28)32-34-35-33(44-32)43-18-22-7-4-6-19-5-2-3-8-24(19)22/h2-14,17,28,37H,15-16,18H2,1H3/b29-27+/t28-/m1/s1. The van der Waals surface area contributed by atoms with E-state index < -0.39 is 17.7 Å². The summed E-state index contributed by atoms with van der Waals surface area (Å²) in [6.45, 7) is 0.788. The summed E-state index contributed by atoms with van der Waals surface area (Å²) >= 11 is 2.73. The summed E-state index contributed by atoms with van der Waals surface area (Å²) < 4.78 is 17.2. The van der Waals surface area contributed by atoms with Crippen LogP contribution in [0.3, 0.4) is 0 Å². The number of amides is 1.